The number of amides is 1. The summed E-state index contributed by atoms with van der Waals surface area (Å²) in [5, 5.41) is 11.3. The maximum Gasteiger partial charge on any atom is 0.252 e. The summed E-state index contributed by atoms with van der Waals surface area (Å²) in [5.74, 6) is -0.519. The van der Waals surface area contributed by atoms with E-state index in [-0.39, 0.29) is 46.9 Å². The van der Waals surface area contributed by atoms with Crippen molar-refractivity contribution in [3.05, 3.63) is 110 Å². The van der Waals surface area contributed by atoms with Gasteiger partial charge in [0.2, 0.25) is 0 Å². The Bertz CT molecular complexity index is 1900. The second-order valence-electron chi connectivity index (χ2n) is 13.1. The molecule has 2 N–H and O–H groups in total. The van der Waals surface area contributed by atoms with Crippen LogP contribution in [0.15, 0.2) is 70.8 Å². The van der Waals surface area contributed by atoms with Gasteiger partial charge in [-0.15, -0.1) is 0 Å². The molecule has 2 aliphatic heterocycles. The van der Waals surface area contributed by atoms with Crippen LogP contribution in [0.2, 0.25) is 10.0 Å². The highest BCUT2D eigenvalue weighted by Crippen LogP contribution is 2.38. The van der Waals surface area contributed by atoms with Crippen LogP contribution in [-0.2, 0) is 29.1 Å². The lowest BCUT2D eigenvalue weighted by molar-refractivity contribution is -0.128. The molecule has 0 spiro atoms. The molecule has 50 heavy (non-hydrogen) atoms. The molecular weight excluding hydrogens is 685 g/mol. The monoisotopic (exact) mass is 722 g/mol. The van der Waals surface area contributed by atoms with Crippen molar-refractivity contribution in [1.82, 2.24) is 20.7 Å². The molecular formula is C38H38Cl2F2N4O4. The molecule has 262 valence electrons. The predicted molar refractivity (Wildman–Crippen MR) is 188 cm³/mol. The van der Waals surface area contributed by atoms with E-state index in [0.29, 0.717) is 42.6 Å². The van der Waals surface area contributed by atoms with Crippen LogP contribution in [0, 0.1) is 11.6 Å². The Balaban J connectivity index is 1.10. The van der Waals surface area contributed by atoms with Crippen LogP contribution in [0.5, 0.6) is 5.75 Å². The quantitative estimate of drug-likeness (QED) is 0.110. The fourth-order valence-electron chi connectivity index (χ4n) is 6.82. The van der Waals surface area contributed by atoms with Crippen molar-refractivity contribution in [1.29, 1.82) is 0 Å². The number of carbonyl (C=O) groups is 1. The van der Waals surface area contributed by atoms with E-state index in [9.17, 15) is 13.6 Å². The molecule has 0 radical (unpaired) electrons. The third-order valence-electron chi connectivity index (χ3n) is 9.49. The van der Waals surface area contributed by atoms with Gasteiger partial charge in [-0.3, -0.25) is 4.79 Å². The number of fused-ring (bicyclic) bond motifs is 2. The van der Waals surface area contributed by atoms with E-state index >= 15 is 0 Å². The van der Waals surface area contributed by atoms with Crippen LogP contribution in [-0.4, -0.2) is 60.9 Å². The minimum Gasteiger partial charge on any atom is -0.486 e. The van der Waals surface area contributed by atoms with Crippen molar-refractivity contribution in [3.63, 3.8) is 0 Å². The topological polar surface area (TPSA) is 88.9 Å². The Morgan fingerprint density at radius 1 is 1.04 bits per heavy atom. The van der Waals surface area contributed by atoms with E-state index in [1.165, 1.54) is 11.6 Å². The summed E-state index contributed by atoms with van der Waals surface area (Å²) in [5.41, 5.74) is 4.84. The summed E-state index contributed by atoms with van der Waals surface area (Å²) in [6, 6.07) is 17.5. The van der Waals surface area contributed by atoms with E-state index in [1.807, 2.05) is 41.3 Å². The highest BCUT2D eigenvalue weighted by Gasteiger charge is 2.41. The van der Waals surface area contributed by atoms with Gasteiger partial charge in [-0.05, 0) is 84.7 Å². The van der Waals surface area contributed by atoms with Gasteiger partial charge < -0.3 is 29.5 Å². The van der Waals surface area contributed by atoms with E-state index in [0.717, 1.165) is 66.6 Å². The summed E-state index contributed by atoms with van der Waals surface area (Å²) >= 11 is 12.7. The zero-order valence-electron chi connectivity index (χ0n) is 27.6. The number of nitrogens with one attached hydrogen (secondary N) is 2. The molecule has 1 aromatic heterocycles. The molecule has 1 aliphatic carbocycles. The summed E-state index contributed by atoms with van der Waals surface area (Å²) in [7, 11) is 1.71. The Morgan fingerprint density at radius 3 is 2.62 bits per heavy atom. The fraction of sp³-hybridized carbons (Fsp3) is 0.368. The molecule has 2 atom stereocenters. The molecule has 3 heterocycles. The predicted octanol–water partition coefficient (Wildman–Crippen LogP) is 7.36. The second kappa shape index (κ2) is 15.2. The third kappa shape index (κ3) is 7.60. The van der Waals surface area contributed by atoms with Gasteiger partial charge in [0.15, 0.2) is 5.76 Å². The van der Waals surface area contributed by atoms with Crippen molar-refractivity contribution in [2.45, 2.75) is 63.4 Å². The molecule has 8 nitrogen and oxygen atoms in total. The standard InChI is InChI=1S/C38H38Cl2F2N4O4/c1-48-14-2-3-22-4-11-30(39)24(15-22)20-46(26-7-8-26)38(47)35-29(16-25-18-43-19-34(35)44-25)23-5-9-27(10-6-23)49-21-28-17-33(45-50-28)36-31(41)12-13-32(42)37(36)40/h4-6,9-13,15,17,25-26,34,43-44H,2-3,7-8,14,16,18-21H2,1H3. The van der Waals surface area contributed by atoms with E-state index in [1.54, 1.807) is 7.11 Å². The minimum atomic E-state index is -0.749. The number of benzene rings is 3. The van der Waals surface area contributed by atoms with Crippen molar-refractivity contribution >= 4 is 34.7 Å². The average Bonchev–Trinajstić information content (AvgIpc) is 3.86. The molecule has 1 saturated carbocycles. The van der Waals surface area contributed by atoms with Crippen molar-refractivity contribution in [2.75, 3.05) is 26.8 Å². The van der Waals surface area contributed by atoms with Gasteiger partial charge in [0, 0.05) is 62.1 Å². The molecule has 2 bridgehead atoms. The van der Waals surface area contributed by atoms with Crippen LogP contribution in [0.1, 0.15) is 48.1 Å². The first-order valence-corrected chi connectivity index (χ1v) is 17.6. The molecule has 2 fully saturated rings. The molecule has 3 aromatic carbocycles. The van der Waals surface area contributed by atoms with Gasteiger partial charge >= 0.3 is 0 Å². The molecule has 1 saturated heterocycles. The Labute approximate surface area is 299 Å². The fourth-order valence-corrected chi connectivity index (χ4v) is 7.25. The van der Waals surface area contributed by atoms with Crippen LogP contribution in [0.25, 0.3) is 16.8 Å². The first-order chi connectivity index (χ1) is 24.3. The van der Waals surface area contributed by atoms with Crippen LogP contribution in [0.4, 0.5) is 8.78 Å². The number of carbonyl (C=O) groups excluding carboxylic acids is 1. The summed E-state index contributed by atoms with van der Waals surface area (Å²) in [6.07, 6.45) is 4.45. The van der Waals surface area contributed by atoms with Crippen LogP contribution < -0.4 is 15.4 Å². The van der Waals surface area contributed by atoms with Gasteiger partial charge in [0.05, 0.1) is 16.6 Å². The number of rotatable bonds is 13. The molecule has 3 aliphatic rings. The summed E-state index contributed by atoms with van der Waals surface area (Å²) in [4.78, 5) is 16.6. The van der Waals surface area contributed by atoms with Crippen molar-refractivity contribution < 1.29 is 27.6 Å². The lowest BCUT2D eigenvalue weighted by Crippen LogP contribution is -2.60. The first-order valence-electron chi connectivity index (χ1n) is 16.9. The zero-order valence-corrected chi connectivity index (χ0v) is 29.1. The number of halogens is 4. The minimum absolute atomic E-state index is 0.0135. The first kappa shape index (κ1) is 34.6. The molecule has 12 heteroatoms. The lowest BCUT2D eigenvalue weighted by atomic mass is 9.83. The maximum atomic E-state index is 14.6. The summed E-state index contributed by atoms with van der Waals surface area (Å²) in [6.45, 7) is 2.65. The van der Waals surface area contributed by atoms with E-state index in [2.05, 4.69) is 21.9 Å². The number of ether oxygens (including phenoxy) is 2. The number of aromatic nitrogens is 1. The average molecular weight is 724 g/mol. The number of nitrogens with zero attached hydrogens (tertiary/aromatic N) is 2. The van der Waals surface area contributed by atoms with Gasteiger partial charge in [-0.1, -0.05) is 52.6 Å². The summed E-state index contributed by atoms with van der Waals surface area (Å²) < 4.78 is 44.8. The molecule has 4 aromatic rings. The van der Waals surface area contributed by atoms with Crippen molar-refractivity contribution in [3.8, 4) is 17.0 Å². The molecule has 7 rings (SSSR count). The third-order valence-corrected chi connectivity index (χ3v) is 10.2. The van der Waals surface area contributed by atoms with Gasteiger partial charge in [-0.25, -0.2) is 8.78 Å². The Kier molecular flexibility index (Phi) is 10.5. The molecule has 1 amide bonds. The maximum absolute atomic E-state index is 14.6. The number of aryl methyl sites for hydroxylation is 1. The van der Waals surface area contributed by atoms with Gasteiger partial charge in [0.25, 0.3) is 5.91 Å². The second-order valence-corrected chi connectivity index (χ2v) is 13.9. The lowest BCUT2D eigenvalue weighted by Gasteiger charge is -2.41. The molecule has 2 unspecified atom stereocenters. The van der Waals surface area contributed by atoms with Crippen LogP contribution in [0.3, 0.4) is 0 Å². The zero-order chi connectivity index (χ0) is 34.8. The Hall–Kier alpha value is -3.80. The highest BCUT2D eigenvalue weighted by atomic mass is 35.5. The normalized spacial score (nSPS) is 18.7. The number of methoxy groups -OCH3 is 1. The smallest absolute Gasteiger partial charge is 0.252 e. The largest absolute Gasteiger partial charge is 0.486 e. The highest BCUT2D eigenvalue weighted by molar-refractivity contribution is 6.33. The Morgan fingerprint density at radius 2 is 1.84 bits per heavy atom. The van der Waals surface area contributed by atoms with Gasteiger partial charge in [0.1, 0.15) is 29.7 Å². The van der Waals surface area contributed by atoms with Crippen molar-refractivity contribution in [2.24, 2.45) is 0 Å². The van der Waals surface area contributed by atoms with E-state index < -0.39 is 11.6 Å². The SMILES string of the molecule is COCCCc1ccc(Cl)c(CN(C(=O)C2=C(c3ccc(OCc4cc(-c5c(F)ccc(F)c5Cl)no4)cc3)CC3CNCC2N3)C2CC2)c1. The van der Waals surface area contributed by atoms with E-state index in [4.69, 9.17) is 37.2 Å². The van der Waals surface area contributed by atoms with Gasteiger partial charge in [-0.2, -0.15) is 0 Å². The number of piperazine rings is 1. The van der Waals surface area contributed by atoms with Crippen LogP contribution >= 0.6 is 23.2 Å². The number of hydrogen-bond acceptors (Lipinski definition) is 7. The number of hydrogen-bond donors (Lipinski definition) is 2.